The van der Waals surface area contributed by atoms with E-state index in [1.165, 1.54) is 16.7 Å². The minimum Gasteiger partial charge on any atom is -0.347 e. The fourth-order valence-corrected chi connectivity index (χ4v) is 5.38. The molecule has 5 rings (SSSR count). The third-order valence-electron chi connectivity index (χ3n) is 7.59. The van der Waals surface area contributed by atoms with Crippen molar-refractivity contribution >= 4 is 16.9 Å². The summed E-state index contributed by atoms with van der Waals surface area (Å²) in [5.41, 5.74) is 8.65. The van der Waals surface area contributed by atoms with Gasteiger partial charge in [0.1, 0.15) is 0 Å². The zero-order chi connectivity index (χ0) is 24.0. The number of piperidine rings is 1. The number of rotatable bonds is 4. The average Bonchev–Trinajstić information content (AvgIpc) is 3.40. The van der Waals surface area contributed by atoms with Gasteiger partial charge in [0.15, 0.2) is 11.4 Å². The van der Waals surface area contributed by atoms with E-state index in [1.54, 1.807) is 0 Å². The van der Waals surface area contributed by atoms with Crippen molar-refractivity contribution in [1.29, 1.82) is 0 Å². The van der Waals surface area contributed by atoms with E-state index in [-0.39, 0.29) is 5.91 Å². The van der Waals surface area contributed by atoms with Crippen LogP contribution in [0.1, 0.15) is 52.9 Å². The molecule has 1 aromatic carbocycles. The quantitative estimate of drug-likeness (QED) is 0.579. The van der Waals surface area contributed by atoms with E-state index in [0.717, 1.165) is 46.5 Å². The van der Waals surface area contributed by atoms with Crippen LogP contribution in [0, 0.1) is 34.6 Å². The third kappa shape index (κ3) is 4.01. The predicted octanol–water partition coefficient (Wildman–Crippen LogP) is 4.26. The fraction of sp³-hybridized carbons (Fsp3) is 0.519. The summed E-state index contributed by atoms with van der Waals surface area (Å²) in [6.07, 6.45) is 2.67. The molecule has 0 saturated carbocycles. The van der Waals surface area contributed by atoms with Crippen molar-refractivity contribution in [3.05, 3.63) is 51.8 Å². The summed E-state index contributed by atoms with van der Waals surface area (Å²) in [7, 11) is 0. The van der Waals surface area contributed by atoms with Crippen LogP contribution in [0.2, 0.25) is 0 Å². The Balaban J connectivity index is 1.35. The van der Waals surface area contributed by atoms with E-state index in [1.807, 2.05) is 23.4 Å². The molecule has 2 saturated heterocycles. The first-order chi connectivity index (χ1) is 16.3. The van der Waals surface area contributed by atoms with Crippen LogP contribution in [0.15, 0.2) is 18.2 Å². The molecular weight excluding hydrogens is 428 g/mol. The van der Waals surface area contributed by atoms with Gasteiger partial charge in [-0.05, 0) is 75.4 Å². The molecule has 0 aliphatic carbocycles. The maximum absolute atomic E-state index is 13.0. The number of hydrogen-bond donors (Lipinski definition) is 0. The first-order valence-corrected chi connectivity index (χ1v) is 12.3. The molecule has 3 aromatic rings. The van der Waals surface area contributed by atoms with Crippen LogP contribution >= 0.6 is 0 Å². The lowest BCUT2D eigenvalue weighted by Crippen LogP contribution is -2.47. The topological polar surface area (TPSA) is 69.5 Å². The highest BCUT2D eigenvalue weighted by Gasteiger charge is 2.40. The number of carbonyl (C=O) groups excluding carboxylic acids is 1. The molecule has 2 aliphatic heterocycles. The van der Waals surface area contributed by atoms with Crippen LogP contribution in [-0.4, -0.2) is 57.7 Å². The molecule has 0 radical (unpaired) electrons. The Bertz CT molecular complexity index is 1250. The normalized spacial score (nSPS) is 17.7. The summed E-state index contributed by atoms with van der Waals surface area (Å²) in [5.74, 6) is -0.263. The molecule has 2 aromatic heterocycles. The highest BCUT2D eigenvalue weighted by Crippen LogP contribution is 2.32. The number of amides is 1. The largest absolute Gasteiger partial charge is 0.347 e. The summed E-state index contributed by atoms with van der Waals surface area (Å²) in [5, 5.41) is 5.92. The lowest BCUT2D eigenvalue weighted by Gasteiger charge is -2.37. The average molecular weight is 463 g/mol. The van der Waals surface area contributed by atoms with E-state index in [2.05, 4.69) is 39.0 Å². The van der Waals surface area contributed by atoms with Gasteiger partial charge in [0.2, 0.25) is 5.91 Å². The second kappa shape index (κ2) is 8.78. The summed E-state index contributed by atoms with van der Waals surface area (Å²) in [6.45, 7) is 13.1. The maximum Gasteiger partial charge on any atom is 0.222 e. The number of hydrogen-bond acceptors (Lipinski definition) is 5. The molecule has 7 heteroatoms. The Morgan fingerprint density at radius 3 is 2.38 bits per heavy atom. The highest BCUT2D eigenvalue weighted by atomic mass is 16.7. The van der Waals surface area contributed by atoms with Crippen molar-refractivity contribution < 1.29 is 14.3 Å². The number of fused-ring (bicyclic) bond motifs is 1. The summed E-state index contributed by atoms with van der Waals surface area (Å²) < 4.78 is 13.5. The van der Waals surface area contributed by atoms with E-state index in [9.17, 15) is 4.79 Å². The Labute approximate surface area is 201 Å². The van der Waals surface area contributed by atoms with Crippen LogP contribution in [0.4, 0.5) is 0 Å². The Morgan fingerprint density at radius 1 is 1.00 bits per heavy atom. The molecule has 0 unspecified atom stereocenters. The lowest BCUT2D eigenvalue weighted by molar-refractivity contribution is -0.187. The van der Waals surface area contributed by atoms with Crippen LogP contribution in [0.25, 0.3) is 16.7 Å². The van der Waals surface area contributed by atoms with Gasteiger partial charge in [-0.2, -0.15) is 5.10 Å². The van der Waals surface area contributed by atoms with E-state index in [0.29, 0.717) is 39.1 Å². The van der Waals surface area contributed by atoms with Gasteiger partial charge >= 0.3 is 0 Å². The standard InChI is InChI=1S/C27H34N4O3/c1-17-6-7-22(16-18(17)2)31-26-25(21(5)29-31)19(3)23(20(4)28-26)8-9-24(32)30-12-10-27(11-13-30)33-14-15-34-27/h6-7,16H,8-15H2,1-5H3. The minimum atomic E-state index is -0.452. The first kappa shape index (κ1) is 23.0. The SMILES string of the molecule is Cc1ccc(-n2nc(C)c3c(C)c(CCC(=O)N4CCC5(CC4)OCCO5)c(C)nc32)cc1C. The molecule has 0 N–H and O–H groups in total. The Morgan fingerprint density at radius 2 is 1.71 bits per heavy atom. The van der Waals surface area contributed by atoms with Gasteiger partial charge in [-0.3, -0.25) is 4.79 Å². The van der Waals surface area contributed by atoms with Crippen LogP contribution in [0.3, 0.4) is 0 Å². The van der Waals surface area contributed by atoms with E-state index >= 15 is 0 Å². The van der Waals surface area contributed by atoms with Gasteiger partial charge in [0, 0.05) is 43.4 Å². The first-order valence-electron chi connectivity index (χ1n) is 12.3. The van der Waals surface area contributed by atoms with Crippen molar-refractivity contribution in [2.45, 2.75) is 66.1 Å². The van der Waals surface area contributed by atoms with Gasteiger partial charge in [-0.25, -0.2) is 9.67 Å². The zero-order valence-corrected chi connectivity index (χ0v) is 20.9. The molecule has 4 heterocycles. The molecule has 0 bridgehead atoms. The van der Waals surface area contributed by atoms with Crippen LogP contribution in [0.5, 0.6) is 0 Å². The number of nitrogens with zero attached hydrogens (tertiary/aromatic N) is 4. The molecule has 2 fully saturated rings. The van der Waals surface area contributed by atoms with Crippen LogP contribution in [-0.2, 0) is 20.7 Å². The van der Waals surface area contributed by atoms with E-state index in [4.69, 9.17) is 19.6 Å². The summed E-state index contributed by atoms with van der Waals surface area (Å²) in [6, 6.07) is 6.38. The second-order valence-electron chi connectivity index (χ2n) is 9.75. The molecule has 7 nitrogen and oxygen atoms in total. The molecule has 2 aliphatic rings. The zero-order valence-electron chi connectivity index (χ0n) is 20.9. The minimum absolute atomic E-state index is 0.189. The highest BCUT2D eigenvalue weighted by molar-refractivity contribution is 5.85. The number of aryl methyl sites for hydroxylation is 5. The van der Waals surface area contributed by atoms with Crippen molar-refractivity contribution in [1.82, 2.24) is 19.7 Å². The number of likely N-dealkylation sites (tertiary alicyclic amines) is 1. The number of benzene rings is 1. The number of pyridine rings is 1. The molecule has 0 atom stereocenters. The van der Waals surface area contributed by atoms with Gasteiger partial charge in [0.05, 0.1) is 24.6 Å². The number of ether oxygens (including phenoxy) is 2. The number of carbonyl (C=O) groups is 1. The van der Waals surface area contributed by atoms with Gasteiger partial charge in [-0.1, -0.05) is 6.07 Å². The van der Waals surface area contributed by atoms with E-state index < -0.39 is 5.79 Å². The smallest absolute Gasteiger partial charge is 0.222 e. The molecule has 34 heavy (non-hydrogen) atoms. The molecule has 180 valence electrons. The van der Waals surface area contributed by atoms with Crippen molar-refractivity contribution in [2.75, 3.05) is 26.3 Å². The number of aromatic nitrogens is 3. The lowest BCUT2D eigenvalue weighted by atomic mass is 9.98. The maximum atomic E-state index is 13.0. The third-order valence-corrected chi connectivity index (χ3v) is 7.59. The molecule has 1 amide bonds. The summed E-state index contributed by atoms with van der Waals surface area (Å²) >= 11 is 0. The Kier molecular flexibility index (Phi) is 5.94. The van der Waals surface area contributed by atoms with Gasteiger partial charge < -0.3 is 14.4 Å². The Hall–Kier alpha value is -2.77. The predicted molar refractivity (Wildman–Crippen MR) is 131 cm³/mol. The molecule has 1 spiro atoms. The monoisotopic (exact) mass is 462 g/mol. The van der Waals surface area contributed by atoms with Crippen molar-refractivity contribution in [2.24, 2.45) is 0 Å². The molecular formula is C27H34N4O3. The second-order valence-corrected chi connectivity index (χ2v) is 9.75. The van der Waals surface area contributed by atoms with Crippen LogP contribution < -0.4 is 0 Å². The van der Waals surface area contributed by atoms with Crippen molar-refractivity contribution in [3.8, 4) is 5.69 Å². The fourth-order valence-electron chi connectivity index (χ4n) is 5.38. The van der Waals surface area contributed by atoms with Gasteiger partial charge in [0.25, 0.3) is 0 Å². The summed E-state index contributed by atoms with van der Waals surface area (Å²) in [4.78, 5) is 19.9. The van der Waals surface area contributed by atoms with Gasteiger partial charge in [-0.15, -0.1) is 0 Å². The van der Waals surface area contributed by atoms with Crippen molar-refractivity contribution in [3.63, 3.8) is 0 Å².